The van der Waals surface area contributed by atoms with Gasteiger partial charge in [-0.2, -0.15) is 0 Å². The standard InChI is InChI=1S/C20H14Cl2N2O6/c1-30-19(29)23-12-4-2-3-10(7-12)20(18(27)28)13(5-6-16(25)26)17-14(22)8-11(21)9-15(17)24-20/h2-9H,1H3,(H,23,29)(H,25,26)(H,27,28)/b6-5-. The Morgan fingerprint density at radius 2 is 1.90 bits per heavy atom. The van der Waals surface area contributed by atoms with Crippen molar-refractivity contribution in [2.45, 2.75) is 5.54 Å². The molecule has 2 aromatic rings. The SMILES string of the molecule is COC(=O)Nc1cccc(C2(C(=O)O)N=c3cc(Cl)cc(Cl)c3=C2/C=C\C(=O)O)c1. The zero-order valence-corrected chi connectivity index (χ0v) is 16.9. The Hall–Kier alpha value is -3.36. The van der Waals surface area contributed by atoms with E-state index in [1.54, 1.807) is 0 Å². The zero-order valence-electron chi connectivity index (χ0n) is 15.3. The van der Waals surface area contributed by atoms with E-state index in [0.717, 1.165) is 12.2 Å². The van der Waals surface area contributed by atoms with Crippen molar-refractivity contribution in [2.75, 3.05) is 12.4 Å². The van der Waals surface area contributed by atoms with E-state index < -0.39 is 23.6 Å². The summed E-state index contributed by atoms with van der Waals surface area (Å²) in [4.78, 5) is 39.6. The highest BCUT2D eigenvalue weighted by Gasteiger charge is 2.46. The summed E-state index contributed by atoms with van der Waals surface area (Å²) < 4.78 is 4.55. The Morgan fingerprint density at radius 1 is 1.17 bits per heavy atom. The molecule has 1 aliphatic heterocycles. The maximum atomic E-state index is 12.5. The number of nitrogens with one attached hydrogen (secondary N) is 1. The van der Waals surface area contributed by atoms with Crippen molar-refractivity contribution in [1.82, 2.24) is 0 Å². The van der Waals surface area contributed by atoms with E-state index in [0.29, 0.717) is 0 Å². The molecule has 1 amide bonds. The Balaban J connectivity index is 2.35. The molecule has 0 saturated carbocycles. The van der Waals surface area contributed by atoms with Crippen LogP contribution in [0, 0.1) is 0 Å². The van der Waals surface area contributed by atoms with E-state index in [-0.39, 0.29) is 37.4 Å². The summed E-state index contributed by atoms with van der Waals surface area (Å²) in [6.45, 7) is 0. The van der Waals surface area contributed by atoms with Crippen molar-refractivity contribution < 1.29 is 29.3 Å². The molecule has 0 spiro atoms. The van der Waals surface area contributed by atoms with Gasteiger partial charge in [0.05, 0.1) is 17.5 Å². The zero-order chi connectivity index (χ0) is 22.1. The molecule has 1 aliphatic rings. The molecule has 10 heteroatoms. The van der Waals surface area contributed by atoms with E-state index in [4.69, 9.17) is 28.3 Å². The van der Waals surface area contributed by atoms with Gasteiger partial charge in [0.1, 0.15) is 0 Å². The topological polar surface area (TPSA) is 125 Å². The van der Waals surface area contributed by atoms with Crippen LogP contribution >= 0.6 is 23.2 Å². The largest absolute Gasteiger partial charge is 0.479 e. The fourth-order valence-corrected chi connectivity index (χ4v) is 3.78. The predicted octanol–water partition coefficient (Wildman–Crippen LogP) is 2.58. The van der Waals surface area contributed by atoms with Crippen LogP contribution in [0.4, 0.5) is 10.5 Å². The van der Waals surface area contributed by atoms with Crippen molar-refractivity contribution in [1.29, 1.82) is 0 Å². The molecule has 0 saturated heterocycles. The first kappa shape index (κ1) is 21.4. The average molecular weight is 449 g/mol. The molecule has 0 aliphatic carbocycles. The van der Waals surface area contributed by atoms with E-state index in [1.165, 1.54) is 43.5 Å². The summed E-state index contributed by atoms with van der Waals surface area (Å²) in [5.41, 5.74) is -1.55. The molecule has 3 rings (SSSR count). The van der Waals surface area contributed by atoms with E-state index in [9.17, 15) is 19.5 Å². The Morgan fingerprint density at radius 3 is 2.53 bits per heavy atom. The minimum atomic E-state index is -2.02. The van der Waals surface area contributed by atoms with Crippen LogP contribution in [0.25, 0.3) is 5.57 Å². The van der Waals surface area contributed by atoms with Gasteiger partial charge in [-0.05, 0) is 35.9 Å². The Labute approximate surface area is 179 Å². The molecule has 1 atom stereocenters. The number of hydrogen-bond acceptors (Lipinski definition) is 5. The molecular weight excluding hydrogens is 435 g/mol. The molecule has 0 bridgehead atoms. The first-order chi connectivity index (χ1) is 14.2. The number of fused-ring (bicyclic) bond motifs is 1. The highest BCUT2D eigenvalue weighted by Crippen LogP contribution is 2.38. The van der Waals surface area contributed by atoms with Crippen LogP contribution in [0.3, 0.4) is 0 Å². The maximum Gasteiger partial charge on any atom is 0.411 e. The van der Waals surface area contributed by atoms with Crippen molar-refractivity contribution in [3.63, 3.8) is 0 Å². The second-order valence-electron chi connectivity index (χ2n) is 6.19. The average Bonchev–Trinajstić information content (AvgIpc) is 3.02. The number of nitrogens with zero attached hydrogens (tertiary/aromatic N) is 1. The molecule has 30 heavy (non-hydrogen) atoms. The van der Waals surface area contributed by atoms with E-state index >= 15 is 0 Å². The molecule has 0 radical (unpaired) electrons. The third-order valence-corrected chi connectivity index (χ3v) is 4.91. The quantitative estimate of drug-likeness (QED) is 0.603. The molecule has 154 valence electrons. The summed E-state index contributed by atoms with van der Waals surface area (Å²) >= 11 is 12.4. The second-order valence-corrected chi connectivity index (χ2v) is 7.04. The number of benzene rings is 2. The minimum Gasteiger partial charge on any atom is -0.479 e. The molecule has 0 fully saturated rings. The molecule has 3 N–H and O–H groups in total. The lowest BCUT2D eigenvalue weighted by atomic mass is 9.82. The van der Waals surface area contributed by atoms with Crippen molar-refractivity contribution in [2.24, 2.45) is 4.99 Å². The van der Waals surface area contributed by atoms with Gasteiger partial charge in [0, 0.05) is 27.6 Å². The highest BCUT2D eigenvalue weighted by atomic mass is 35.5. The number of amides is 1. The first-order valence-corrected chi connectivity index (χ1v) is 9.14. The third kappa shape index (κ3) is 3.74. The first-order valence-electron chi connectivity index (χ1n) is 8.38. The summed E-state index contributed by atoms with van der Waals surface area (Å²) in [6, 6.07) is 8.82. The summed E-state index contributed by atoms with van der Waals surface area (Å²) in [7, 11) is 1.19. The van der Waals surface area contributed by atoms with Gasteiger partial charge in [-0.15, -0.1) is 0 Å². The molecule has 1 heterocycles. The van der Waals surface area contributed by atoms with Gasteiger partial charge in [0.2, 0.25) is 5.54 Å². The lowest BCUT2D eigenvalue weighted by Crippen LogP contribution is -2.35. The lowest BCUT2D eigenvalue weighted by molar-refractivity contribution is -0.141. The van der Waals surface area contributed by atoms with Gasteiger partial charge in [0.15, 0.2) is 0 Å². The molecule has 8 nitrogen and oxygen atoms in total. The number of carbonyl (C=O) groups excluding carboxylic acids is 1. The van der Waals surface area contributed by atoms with Crippen LogP contribution < -0.4 is 15.9 Å². The number of methoxy groups -OCH3 is 1. The van der Waals surface area contributed by atoms with Crippen LogP contribution in [0.2, 0.25) is 10.0 Å². The maximum absolute atomic E-state index is 12.5. The third-order valence-electron chi connectivity index (χ3n) is 4.40. The van der Waals surface area contributed by atoms with Crippen LogP contribution in [-0.4, -0.2) is 35.4 Å². The highest BCUT2D eigenvalue weighted by molar-refractivity contribution is 6.34. The molecule has 1 unspecified atom stereocenters. The van der Waals surface area contributed by atoms with Crippen molar-refractivity contribution in [3.05, 3.63) is 74.7 Å². The number of anilines is 1. The van der Waals surface area contributed by atoms with E-state index in [2.05, 4.69) is 15.0 Å². The van der Waals surface area contributed by atoms with Crippen LogP contribution in [0.5, 0.6) is 0 Å². The van der Waals surface area contributed by atoms with Crippen molar-refractivity contribution in [3.8, 4) is 0 Å². The predicted molar refractivity (Wildman–Crippen MR) is 109 cm³/mol. The molecule has 2 aromatic carbocycles. The fourth-order valence-electron chi connectivity index (χ4n) is 3.19. The normalized spacial score (nSPS) is 17.4. The Kier molecular flexibility index (Phi) is 5.82. The summed E-state index contributed by atoms with van der Waals surface area (Å²) in [5, 5.41) is 22.6. The van der Waals surface area contributed by atoms with Crippen molar-refractivity contribution >= 4 is 52.5 Å². The van der Waals surface area contributed by atoms with Crippen LogP contribution in [0.15, 0.2) is 53.5 Å². The number of carboxylic acids is 2. The number of carbonyl (C=O) groups is 3. The Bertz CT molecular complexity index is 1220. The van der Waals surface area contributed by atoms with Crippen LogP contribution in [0.1, 0.15) is 5.56 Å². The fraction of sp³-hybridized carbons (Fsp3) is 0.100. The summed E-state index contributed by atoms with van der Waals surface area (Å²) in [5.74, 6) is -2.65. The van der Waals surface area contributed by atoms with Gasteiger partial charge >= 0.3 is 18.0 Å². The monoisotopic (exact) mass is 448 g/mol. The van der Waals surface area contributed by atoms with Gasteiger partial charge < -0.3 is 14.9 Å². The number of halogens is 2. The lowest BCUT2D eigenvalue weighted by Gasteiger charge is -2.25. The number of ether oxygens (including phenoxy) is 1. The van der Waals surface area contributed by atoms with Crippen LogP contribution in [-0.2, 0) is 19.9 Å². The van der Waals surface area contributed by atoms with Gasteiger partial charge in [-0.3, -0.25) is 10.3 Å². The number of aliphatic carboxylic acids is 2. The van der Waals surface area contributed by atoms with Gasteiger partial charge in [-0.25, -0.2) is 14.4 Å². The molecule has 0 aromatic heterocycles. The molecular formula is C20H14Cl2N2O6. The number of carboxylic acid groups (broad SMARTS) is 2. The van der Waals surface area contributed by atoms with Gasteiger partial charge in [-0.1, -0.05) is 35.3 Å². The number of rotatable bonds is 5. The number of hydrogen-bond donors (Lipinski definition) is 3. The minimum absolute atomic E-state index is 0.0456. The summed E-state index contributed by atoms with van der Waals surface area (Å²) in [6.07, 6.45) is 1.21. The second kappa shape index (κ2) is 8.17. The van der Waals surface area contributed by atoms with Gasteiger partial charge in [0.25, 0.3) is 0 Å². The van der Waals surface area contributed by atoms with E-state index in [1.807, 2.05) is 0 Å². The smallest absolute Gasteiger partial charge is 0.411 e.